The zero-order chi connectivity index (χ0) is 11.2. The molecular weight excluding hydrogens is 200 g/mol. The molecule has 0 saturated heterocycles. The first-order chi connectivity index (χ1) is 7.88. The van der Waals surface area contributed by atoms with Gasteiger partial charge in [0.15, 0.2) is 0 Å². The molecule has 0 aliphatic heterocycles. The van der Waals surface area contributed by atoms with Gasteiger partial charge in [-0.15, -0.1) is 0 Å². The molecule has 3 nitrogen and oxygen atoms in total. The summed E-state index contributed by atoms with van der Waals surface area (Å²) in [4.78, 5) is 4.22. The quantitative estimate of drug-likeness (QED) is 0.848. The second kappa shape index (κ2) is 5.28. The third-order valence-electron chi connectivity index (χ3n) is 2.25. The van der Waals surface area contributed by atoms with E-state index in [9.17, 15) is 0 Å². The third-order valence-corrected chi connectivity index (χ3v) is 2.25. The predicted molar refractivity (Wildman–Crippen MR) is 62.9 cm³/mol. The lowest BCUT2D eigenvalue weighted by atomic mass is 10.2. The van der Waals surface area contributed by atoms with Crippen LogP contribution in [0.25, 0.3) is 0 Å². The van der Waals surface area contributed by atoms with Gasteiger partial charge in [0.05, 0.1) is 5.69 Å². The minimum atomic E-state index is 0.470. The van der Waals surface area contributed by atoms with Crippen molar-refractivity contribution in [1.29, 1.82) is 0 Å². The Morgan fingerprint density at radius 3 is 2.69 bits per heavy atom. The summed E-state index contributed by atoms with van der Waals surface area (Å²) < 4.78 is 5.59. The summed E-state index contributed by atoms with van der Waals surface area (Å²) >= 11 is 0. The van der Waals surface area contributed by atoms with Gasteiger partial charge in [0, 0.05) is 12.7 Å². The number of nitrogens with two attached hydrogens (primary N) is 1. The van der Waals surface area contributed by atoms with Crippen molar-refractivity contribution in [3.8, 4) is 5.75 Å². The first-order valence-electron chi connectivity index (χ1n) is 5.20. The van der Waals surface area contributed by atoms with Crippen molar-refractivity contribution in [1.82, 2.24) is 4.98 Å². The molecule has 3 heteroatoms. The summed E-state index contributed by atoms with van der Waals surface area (Å²) in [5.41, 5.74) is 7.52. The molecule has 1 heterocycles. The van der Waals surface area contributed by atoms with Crippen molar-refractivity contribution in [2.45, 2.75) is 13.2 Å². The van der Waals surface area contributed by atoms with Crippen LogP contribution >= 0.6 is 0 Å². The highest BCUT2D eigenvalue weighted by Crippen LogP contribution is 2.11. The fourth-order valence-electron chi connectivity index (χ4n) is 1.41. The Bertz CT molecular complexity index is 443. The summed E-state index contributed by atoms with van der Waals surface area (Å²) in [6.45, 7) is 0.999. The first kappa shape index (κ1) is 10.6. The van der Waals surface area contributed by atoms with Crippen LogP contribution in [0.5, 0.6) is 5.75 Å². The van der Waals surface area contributed by atoms with E-state index < -0.39 is 0 Å². The SMILES string of the molecule is NCc1ccnc(COc2ccccc2)c1. The maximum Gasteiger partial charge on any atom is 0.130 e. The molecule has 0 radical (unpaired) electrons. The fraction of sp³-hybridized carbons (Fsp3) is 0.154. The van der Waals surface area contributed by atoms with Gasteiger partial charge in [0.1, 0.15) is 12.4 Å². The maximum atomic E-state index is 5.59. The van der Waals surface area contributed by atoms with Crippen molar-refractivity contribution in [3.63, 3.8) is 0 Å². The highest BCUT2D eigenvalue weighted by atomic mass is 16.5. The van der Waals surface area contributed by atoms with Gasteiger partial charge in [-0.25, -0.2) is 0 Å². The van der Waals surface area contributed by atoms with Crippen LogP contribution in [0.2, 0.25) is 0 Å². The van der Waals surface area contributed by atoms with Crippen LogP contribution in [0, 0.1) is 0 Å². The summed E-state index contributed by atoms with van der Waals surface area (Å²) in [5.74, 6) is 0.849. The van der Waals surface area contributed by atoms with Gasteiger partial charge in [0.25, 0.3) is 0 Å². The molecule has 2 N–H and O–H groups in total. The second-order valence-electron chi connectivity index (χ2n) is 3.46. The van der Waals surface area contributed by atoms with Crippen molar-refractivity contribution in [3.05, 3.63) is 59.9 Å². The molecule has 0 aliphatic carbocycles. The average Bonchev–Trinajstić information content (AvgIpc) is 2.38. The number of aromatic nitrogens is 1. The molecule has 0 saturated carbocycles. The van der Waals surface area contributed by atoms with E-state index in [1.54, 1.807) is 6.20 Å². The third kappa shape index (κ3) is 2.81. The average molecular weight is 214 g/mol. The number of nitrogens with zero attached hydrogens (tertiary/aromatic N) is 1. The molecule has 0 bridgehead atoms. The smallest absolute Gasteiger partial charge is 0.130 e. The Morgan fingerprint density at radius 2 is 1.94 bits per heavy atom. The lowest BCUT2D eigenvalue weighted by Crippen LogP contribution is -2.01. The van der Waals surface area contributed by atoms with Crippen molar-refractivity contribution in [2.24, 2.45) is 5.73 Å². The Balaban J connectivity index is 1.99. The molecule has 2 aromatic rings. The van der Waals surface area contributed by atoms with Crippen LogP contribution in [0.1, 0.15) is 11.3 Å². The van der Waals surface area contributed by atoms with Crippen LogP contribution < -0.4 is 10.5 Å². The molecular formula is C13H14N2O. The molecule has 1 aromatic carbocycles. The van der Waals surface area contributed by atoms with E-state index in [0.29, 0.717) is 13.2 Å². The largest absolute Gasteiger partial charge is 0.487 e. The Kier molecular flexibility index (Phi) is 3.51. The second-order valence-corrected chi connectivity index (χ2v) is 3.46. The first-order valence-corrected chi connectivity index (χ1v) is 5.20. The van der Waals surface area contributed by atoms with Crippen LogP contribution in [0.15, 0.2) is 48.7 Å². The minimum absolute atomic E-state index is 0.470. The lowest BCUT2D eigenvalue weighted by Gasteiger charge is -2.06. The molecule has 0 spiro atoms. The van der Waals surface area contributed by atoms with E-state index in [0.717, 1.165) is 17.0 Å². The molecule has 0 atom stereocenters. The van der Waals surface area contributed by atoms with Crippen LogP contribution in [-0.4, -0.2) is 4.98 Å². The Morgan fingerprint density at radius 1 is 1.12 bits per heavy atom. The zero-order valence-electron chi connectivity index (χ0n) is 8.97. The van der Waals surface area contributed by atoms with E-state index in [4.69, 9.17) is 10.5 Å². The van der Waals surface area contributed by atoms with Crippen molar-refractivity contribution in [2.75, 3.05) is 0 Å². The predicted octanol–water partition coefficient (Wildman–Crippen LogP) is 2.12. The van der Waals surface area contributed by atoms with Crippen LogP contribution in [0.4, 0.5) is 0 Å². The number of pyridine rings is 1. The normalized spacial score (nSPS) is 10.1. The van der Waals surface area contributed by atoms with Gasteiger partial charge < -0.3 is 10.5 Å². The van der Waals surface area contributed by atoms with E-state index in [1.165, 1.54) is 0 Å². The number of para-hydroxylation sites is 1. The van der Waals surface area contributed by atoms with Gasteiger partial charge in [-0.05, 0) is 29.8 Å². The van der Waals surface area contributed by atoms with Gasteiger partial charge in [-0.2, -0.15) is 0 Å². The summed E-state index contributed by atoms with van der Waals surface area (Å²) in [6.07, 6.45) is 1.76. The molecule has 0 unspecified atom stereocenters. The number of rotatable bonds is 4. The van der Waals surface area contributed by atoms with Crippen LogP contribution in [0.3, 0.4) is 0 Å². The standard InChI is InChI=1S/C13H14N2O/c14-9-11-6-7-15-12(8-11)10-16-13-4-2-1-3-5-13/h1-8H,9-10,14H2. The van der Waals surface area contributed by atoms with Gasteiger partial charge in [-0.1, -0.05) is 18.2 Å². The minimum Gasteiger partial charge on any atom is -0.487 e. The monoisotopic (exact) mass is 214 g/mol. The van der Waals surface area contributed by atoms with E-state index in [2.05, 4.69) is 4.98 Å². The van der Waals surface area contributed by atoms with Crippen molar-refractivity contribution < 1.29 is 4.74 Å². The molecule has 0 aliphatic rings. The molecule has 0 amide bonds. The Labute approximate surface area is 94.9 Å². The van der Waals surface area contributed by atoms with E-state index in [1.807, 2.05) is 42.5 Å². The van der Waals surface area contributed by atoms with Crippen LogP contribution in [-0.2, 0) is 13.2 Å². The molecule has 1 aromatic heterocycles. The summed E-state index contributed by atoms with van der Waals surface area (Å²) in [7, 11) is 0. The van der Waals surface area contributed by atoms with Gasteiger partial charge in [-0.3, -0.25) is 4.98 Å². The molecule has 2 rings (SSSR count). The van der Waals surface area contributed by atoms with Crippen molar-refractivity contribution >= 4 is 0 Å². The van der Waals surface area contributed by atoms with E-state index in [-0.39, 0.29) is 0 Å². The van der Waals surface area contributed by atoms with Gasteiger partial charge in [0.2, 0.25) is 0 Å². The molecule has 0 fully saturated rings. The number of ether oxygens (including phenoxy) is 1. The van der Waals surface area contributed by atoms with E-state index >= 15 is 0 Å². The topological polar surface area (TPSA) is 48.1 Å². The zero-order valence-corrected chi connectivity index (χ0v) is 8.97. The number of hydrogen-bond donors (Lipinski definition) is 1. The molecule has 16 heavy (non-hydrogen) atoms. The highest BCUT2D eigenvalue weighted by Gasteiger charge is 1.97. The Hall–Kier alpha value is -1.87. The number of benzene rings is 1. The summed E-state index contributed by atoms with van der Waals surface area (Å²) in [6, 6.07) is 13.6. The number of hydrogen-bond acceptors (Lipinski definition) is 3. The summed E-state index contributed by atoms with van der Waals surface area (Å²) in [5, 5.41) is 0. The lowest BCUT2D eigenvalue weighted by molar-refractivity contribution is 0.301. The fourth-order valence-corrected chi connectivity index (χ4v) is 1.41. The maximum absolute atomic E-state index is 5.59. The molecule has 82 valence electrons. The van der Waals surface area contributed by atoms with Gasteiger partial charge >= 0.3 is 0 Å². The highest BCUT2D eigenvalue weighted by molar-refractivity contribution is 5.22.